The van der Waals surface area contributed by atoms with Crippen LogP contribution in [0, 0.1) is 0 Å². The Hall–Kier alpha value is -2.88. The van der Waals surface area contributed by atoms with Gasteiger partial charge < -0.3 is 9.42 Å². The molecule has 0 N–H and O–H groups in total. The lowest BCUT2D eigenvalue weighted by molar-refractivity contribution is -0.132. The molecule has 0 spiro atoms. The molecule has 3 aromatic rings. The lowest BCUT2D eigenvalue weighted by Gasteiger charge is -2.20. The molecule has 1 aliphatic carbocycles. The van der Waals surface area contributed by atoms with E-state index in [0.717, 1.165) is 24.1 Å². The summed E-state index contributed by atoms with van der Waals surface area (Å²) >= 11 is 0. The maximum atomic E-state index is 12.9. The van der Waals surface area contributed by atoms with Crippen molar-refractivity contribution >= 4 is 5.91 Å². The van der Waals surface area contributed by atoms with Gasteiger partial charge >= 0.3 is 0 Å². The molecule has 25 heavy (non-hydrogen) atoms. The zero-order chi connectivity index (χ0) is 17.2. The molecule has 0 bridgehead atoms. The normalized spacial score (nSPS) is 15.8. The van der Waals surface area contributed by atoms with Crippen LogP contribution in [0.2, 0.25) is 0 Å². The van der Waals surface area contributed by atoms with Crippen LogP contribution in [0.25, 0.3) is 11.3 Å². The fraction of sp³-hybridized carbons (Fsp3) is 0.238. The highest BCUT2D eigenvalue weighted by atomic mass is 16.5. The first kappa shape index (κ1) is 15.6. The first-order valence-electron chi connectivity index (χ1n) is 8.56. The highest BCUT2D eigenvalue weighted by Crippen LogP contribution is 2.34. The molecule has 0 unspecified atom stereocenters. The monoisotopic (exact) mass is 332 g/mol. The molecule has 1 aliphatic rings. The van der Waals surface area contributed by atoms with Gasteiger partial charge in [0.05, 0.1) is 12.5 Å². The third kappa shape index (κ3) is 3.07. The van der Waals surface area contributed by atoms with Gasteiger partial charge in [-0.1, -0.05) is 59.8 Å². The molecule has 0 aliphatic heterocycles. The Kier molecular flexibility index (Phi) is 4.10. The summed E-state index contributed by atoms with van der Waals surface area (Å²) in [6.45, 7) is 0.428. The number of carbonyl (C=O) groups excluding carboxylic acids is 1. The number of benzene rings is 2. The second-order valence-electron chi connectivity index (χ2n) is 6.53. The van der Waals surface area contributed by atoms with Gasteiger partial charge in [0.25, 0.3) is 0 Å². The molecule has 2 aromatic carbocycles. The van der Waals surface area contributed by atoms with E-state index in [-0.39, 0.29) is 11.8 Å². The molecule has 0 fully saturated rings. The minimum atomic E-state index is -0.0438. The molecular weight excluding hydrogens is 312 g/mol. The maximum absolute atomic E-state index is 12.9. The van der Waals surface area contributed by atoms with Crippen molar-refractivity contribution in [1.82, 2.24) is 10.1 Å². The van der Waals surface area contributed by atoms with Gasteiger partial charge in [0, 0.05) is 18.7 Å². The van der Waals surface area contributed by atoms with E-state index in [1.807, 2.05) is 55.6 Å². The summed E-state index contributed by atoms with van der Waals surface area (Å²) in [6.07, 6.45) is 1.86. The second kappa shape index (κ2) is 6.55. The highest BCUT2D eigenvalue weighted by molar-refractivity contribution is 5.84. The smallest absolute Gasteiger partial charge is 0.230 e. The maximum Gasteiger partial charge on any atom is 0.230 e. The van der Waals surface area contributed by atoms with E-state index >= 15 is 0 Å². The molecule has 126 valence electrons. The molecule has 4 heteroatoms. The summed E-state index contributed by atoms with van der Waals surface area (Å²) in [5.74, 6) is 0.793. The van der Waals surface area contributed by atoms with Crippen molar-refractivity contribution in [3.05, 3.63) is 77.6 Å². The standard InChI is InChI=1S/C21H20N2O2/c1-23(21(24)19-12-11-15-7-5-6-10-18(15)19)14-17-13-20(22-25-17)16-8-3-2-4-9-16/h2-10,13,19H,11-12,14H2,1H3/t19-/m1/s1. The van der Waals surface area contributed by atoms with Crippen LogP contribution >= 0.6 is 0 Å². The van der Waals surface area contributed by atoms with Crippen LogP contribution in [0.4, 0.5) is 0 Å². The van der Waals surface area contributed by atoms with Gasteiger partial charge in [0.15, 0.2) is 5.76 Å². The average Bonchev–Trinajstić information content (AvgIpc) is 3.29. The van der Waals surface area contributed by atoms with E-state index in [4.69, 9.17) is 4.52 Å². The zero-order valence-corrected chi connectivity index (χ0v) is 14.2. The third-order valence-corrected chi connectivity index (χ3v) is 4.83. The number of carbonyl (C=O) groups is 1. The van der Waals surface area contributed by atoms with Gasteiger partial charge in [-0.2, -0.15) is 0 Å². The van der Waals surface area contributed by atoms with Gasteiger partial charge in [-0.3, -0.25) is 4.79 Å². The number of likely N-dealkylation sites (N-methyl/N-ethyl adjacent to an activating group) is 1. The van der Waals surface area contributed by atoms with Gasteiger partial charge in [0.1, 0.15) is 5.69 Å². The fourth-order valence-electron chi connectivity index (χ4n) is 3.52. The summed E-state index contributed by atoms with van der Waals surface area (Å²) in [6, 6.07) is 20.0. The largest absolute Gasteiger partial charge is 0.359 e. The number of rotatable bonds is 4. The van der Waals surface area contributed by atoms with Crippen LogP contribution in [-0.4, -0.2) is 23.0 Å². The van der Waals surface area contributed by atoms with Gasteiger partial charge in [-0.05, 0) is 24.0 Å². The Bertz CT molecular complexity index is 886. The topological polar surface area (TPSA) is 46.3 Å². The van der Waals surface area contributed by atoms with Crippen molar-refractivity contribution in [2.75, 3.05) is 7.05 Å². The molecule has 1 amide bonds. The first-order chi connectivity index (χ1) is 12.2. The number of nitrogens with zero attached hydrogens (tertiary/aromatic N) is 2. The molecular formula is C21H20N2O2. The number of hydrogen-bond acceptors (Lipinski definition) is 3. The quantitative estimate of drug-likeness (QED) is 0.724. The predicted molar refractivity (Wildman–Crippen MR) is 95.9 cm³/mol. The first-order valence-corrected chi connectivity index (χ1v) is 8.56. The number of amides is 1. The predicted octanol–water partition coefficient (Wildman–Crippen LogP) is 4.03. The Labute approximate surface area is 147 Å². The average molecular weight is 332 g/mol. The van der Waals surface area contributed by atoms with E-state index < -0.39 is 0 Å². The summed E-state index contributed by atoms with van der Waals surface area (Å²) in [4.78, 5) is 14.6. The van der Waals surface area contributed by atoms with Crippen LogP contribution in [0.3, 0.4) is 0 Å². The minimum Gasteiger partial charge on any atom is -0.359 e. The molecule has 1 atom stereocenters. The van der Waals surface area contributed by atoms with Crippen molar-refractivity contribution < 1.29 is 9.32 Å². The SMILES string of the molecule is CN(Cc1cc(-c2ccccc2)no1)C(=O)[C@@H]1CCc2ccccc21. The number of aryl methyl sites for hydroxylation is 1. The van der Waals surface area contributed by atoms with Crippen LogP contribution in [-0.2, 0) is 17.8 Å². The Morgan fingerprint density at radius 1 is 1.16 bits per heavy atom. The van der Waals surface area contributed by atoms with Crippen molar-refractivity contribution in [3.63, 3.8) is 0 Å². The van der Waals surface area contributed by atoms with Crippen molar-refractivity contribution in [1.29, 1.82) is 0 Å². The Balaban J connectivity index is 1.47. The van der Waals surface area contributed by atoms with Crippen molar-refractivity contribution in [2.24, 2.45) is 0 Å². The van der Waals surface area contributed by atoms with E-state index in [1.54, 1.807) is 4.90 Å². The fourth-order valence-corrected chi connectivity index (χ4v) is 3.52. The number of aromatic nitrogens is 1. The summed E-state index contributed by atoms with van der Waals surface area (Å²) in [7, 11) is 1.83. The third-order valence-electron chi connectivity index (χ3n) is 4.83. The lowest BCUT2D eigenvalue weighted by atomic mass is 10.00. The molecule has 1 heterocycles. The lowest BCUT2D eigenvalue weighted by Crippen LogP contribution is -2.30. The van der Waals surface area contributed by atoms with Crippen LogP contribution < -0.4 is 0 Å². The van der Waals surface area contributed by atoms with Crippen LogP contribution in [0.5, 0.6) is 0 Å². The van der Waals surface area contributed by atoms with Crippen molar-refractivity contribution in [3.8, 4) is 11.3 Å². The van der Waals surface area contributed by atoms with Crippen LogP contribution in [0.1, 0.15) is 29.2 Å². The summed E-state index contributed by atoms with van der Waals surface area (Å²) in [5, 5.41) is 4.12. The van der Waals surface area contributed by atoms with E-state index in [9.17, 15) is 4.79 Å². The summed E-state index contributed by atoms with van der Waals surface area (Å²) in [5.41, 5.74) is 4.26. The second-order valence-corrected chi connectivity index (χ2v) is 6.53. The molecule has 0 saturated carbocycles. The highest BCUT2D eigenvalue weighted by Gasteiger charge is 2.30. The Morgan fingerprint density at radius 3 is 2.76 bits per heavy atom. The number of hydrogen-bond donors (Lipinski definition) is 0. The van der Waals surface area contributed by atoms with E-state index in [1.165, 1.54) is 11.1 Å². The molecule has 1 aromatic heterocycles. The zero-order valence-electron chi connectivity index (χ0n) is 14.2. The van der Waals surface area contributed by atoms with E-state index in [2.05, 4.69) is 17.3 Å². The van der Waals surface area contributed by atoms with Gasteiger partial charge in [-0.25, -0.2) is 0 Å². The van der Waals surface area contributed by atoms with E-state index in [0.29, 0.717) is 12.3 Å². The Morgan fingerprint density at radius 2 is 1.92 bits per heavy atom. The number of fused-ring (bicyclic) bond motifs is 1. The molecule has 0 saturated heterocycles. The minimum absolute atomic E-state index is 0.0438. The molecule has 4 nitrogen and oxygen atoms in total. The van der Waals surface area contributed by atoms with Gasteiger partial charge in [0.2, 0.25) is 5.91 Å². The van der Waals surface area contributed by atoms with Gasteiger partial charge in [-0.15, -0.1) is 0 Å². The van der Waals surface area contributed by atoms with Crippen LogP contribution in [0.15, 0.2) is 65.2 Å². The molecule has 4 rings (SSSR count). The summed E-state index contributed by atoms with van der Waals surface area (Å²) < 4.78 is 5.43. The van der Waals surface area contributed by atoms with Crippen molar-refractivity contribution in [2.45, 2.75) is 25.3 Å². The molecule has 0 radical (unpaired) electrons.